The van der Waals surface area contributed by atoms with Crippen LogP contribution in [0.5, 0.6) is 0 Å². The molecule has 1 aromatic rings. The van der Waals surface area contributed by atoms with Crippen LogP contribution in [0.1, 0.15) is 26.0 Å². The zero-order valence-electron chi connectivity index (χ0n) is 8.82. The molecule has 4 nitrogen and oxygen atoms in total. The Morgan fingerprint density at radius 3 is 2.71 bits per heavy atom. The summed E-state index contributed by atoms with van der Waals surface area (Å²) >= 11 is 0. The number of nitrogens with zero attached hydrogens (tertiary/aromatic N) is 2. The number of aliphatic carboxylic acids is 1. The molecule has 4 heteroatoms. The van der Waals surface area contributed by atoms with Crippen LogP contribution in [0.25, 0.3) is 0 Å². The van der Waals surface area contributed by atoms with Crippen LogP contribution in [0, 0.1) is 12.3 Å². The topological polar surface area (TPSA) is 55.1 Å². The van der Waals surface area contributed by atoms with Crippen molar-refractivity contribution in [1.82, 2.24) is 9.78 Å². The quantitative estimate of drug-likeness (QED) is 0.797. The highest BCUT2D eigenvalue weighted by Gasteiger charge is 2.26. The van der Waals surface area contributed by atoms with Gasteiger partial charge in [0.05, 0.1) is 11.1 Å². The van der Waals surface area contributed by atoms with E-state index < -0.39 is 11.4 Å². The van der Waals surface area contributed by atoms with Gasteiger partial charge >= 0.3 is 5.97 Å². The molecule has 0 saturated heterocycles. The molecule has 1 rings (SSSR count). The molecule has 14 heavy (non-hydrogen) atoms. The maximum Gasteiger partial charge on any atom is 0.309 e. The fourth-order valence-electron chi connectivity index (χ4n) is 1.09. The van der Waals surface area contributed by atoms with Crippen molar-refractivity contribution in [3.8, 4) is 0 Å². The Hall–Kier alpha value is -1.32. The predicted molar refractivity (Wildman–Crippen MR) is 53.0 cm³/mol. The number of carboxylic acids is 1. The minimum Gasteiger partial charge on any atom is -0.481 e. The van der Waals surface area contributed by atoms with Gasteiger partial charge in [-0.15, -0.1) is 0 Å². The Bertz CT molecular complexity index is 329. The van der Waals surface area contributed by atoms with Crippen LogP contribution >= 0.6 is 0 Å². The van der Waals surface area contributed by atoms with Crippen LogP contribution in [0.15, 0.2) is 12.3 Å². The number of rotatable bonds is 4. The fraction of sp³-hybridized carbons (Fsp3) is 0.600. The van der Waals surface area contributed by atoms with Crippen LogP contribution in [0.2, 0.25) is 0 Å². The summed E-state index contributed by atoms with van der Waals surface area (Å²) in [5, 5.41) is 13.1. The van der Waals surface area contributed by atoms with Crippen molar-refractivity contribution in [2.24, 2.45) is 5.41 Å². The number of aryl methyl sites for hydroxylation is 2. The van der Waals surface area contributed by atoms with E-state index in [2.05, 4.69) is 5.10 Å². The van der Waals surface area contributed by atoms with Gasteiger partial charge in [-0.3, -0.25) is 9.48 Å². The standard InChI is InChI=1S/C10H16N2O2/c1-8-4-6-12(11-8)7-5-10(2,3)9(13)14/h4,6H,5,7H2,1-3H3,(H,13,14). The maximum atomic E-state index is 10.8. The lowest BCUT2D eigenvalue weighted by Gasteiger charge is -2.18. The van der Waals surface area contributed by atoms with E-state index in [1.54, 1.807) is 18.5 Å². The Morgan fingerprint density at radius 1 is 1.64 bits per heavy atom. The van der Waals surface area contributed by atoms with Gasteiger partial charge < -0.3 is 5.11 Å². The van der Waals surface area contributed by atoms with Crippen molar-refractivity contribution in [1.29, 1.82) is 0 Å². The Labute approximate surface area is 83.5 Å². The summed E-state index contributed by atoms with van der Waals surface area (Å²) in [5.74, 6) is -0.763. The molecule has 1 aromatic heterocycles. The molecular formula is C10H16N2O2. The molecule has 0 aliphatic rings. The molecule has 1 heterocycles. The van der Waals surface area contributed by atoms with Crippen molar-refractivity contribution in [2.45, 2.75) is 33.7 Å². The number of aromatic nitrogens is 2. The number of hydrogen-bond donors (Lipinski definition) is 1. The van der Waals surface area contributed by atoms with Crippen molar-refractivity contribution in [3.63, 3.8) is 0 Å². The molecule has 1 N–H and O–H groups in total. The highest BCUT2D eigenvalue weighted by atomic mass is 16.4. The number of hydrogen-bond acceptors (Lipinski definition) is 2. The lowest BCUT2D eigenvalue weighted by molar-refractivity contribution is -0.147. The molecule has 0 aliphatic heterocycles. The summed E-state index contributed by atoms with van der Waals surface area (Å²) in [6.45, 7) is 6.02. The van der Waals surface area contributed by atoms with E-state index >= 15 is 0 Å². The second kappa shape index (κ2) is 3.82. The zero-order chi connectivity index (χ0) is 10.8. The van der Waals surface area contributed by atoms with Gasteiger partial charge in [-0.25, -0.2) is 0 Å². The van der Waals surface area contributed by atoms with E-state index in [-0.39, 0.29) is 0 Å². The van der Waals surface area contributed by atoms with Gasteiger partial charge in [-0.1, -0.05) is 0 Å². The minimum atomic E-state index is -0.763. The highest BCUT2D eigenvalue weighted by Crippen LogP contribution is 2.20. The average molecular weight is 196 g/mol. The largest absolute Gasteiger partial charge is 0.481 e. The van der Waals surface area contributed by atoms with Crippen molar-refractivity contribution in [3.05, 3.63) is 18.0 Å². The average Bonchev–Trinajstić information content (AvgIpc) is 2.48. The minimum absolute atomic E-state index is 0.587. The molecule has 0 aliphatic carbocycles. The summed E-state index contributed by atoms with van der Waals surface area (Å²) in [6.07, 6.45) is 2.46. The molecule has 0 unspecified atom stereocenters. The van der Waals surface area contributed by atoms with E-state index in [4.69, 9.17) is 5.11 Å². The Balaban J connectivity index is 2.52. The van der Waals surface area contributed by atoms with Gasteiger partial charge in [0.25, 0.3) is 0 Å². The Morgan fingerprint density at radius 2 is 2.29 bits per heavy atom. The molecule has 0 aromatic carbocycles. The number of carbonyl (C=O) groups is 1. The van der Waals surface area contributed by atoms with Crippen LogP contribution in [-0.4, -0.2) is 20.9 Å². The van der Waals surface area contributed by atoms with E-state index in [0.717, 1.165) is 5.69 Å². The lowest BCUT2D eigenvalue weighted by Crippen LogP contribution is -2.25. The summed E-state index contributed by atoms with van der Waals surface area (Å²) < 4.78 is 1.78. The molecule has 0 atom stereocenters. The maximum absolute atomic E-state index is 10.8. The predicted octanol–water partition coefficient (Wildman–Crippen LogP) is 1.69. The third kappa shape index (κ3) is 2.58. The molecule has 0 saturated carbocycles. The van der Waals surface area contributed by atoms with Gasteiger partial charge in [0, 0.05) is 12.7 Å². The summed E-state index contributed by atoms with van der Waals surface area (Å²) in [5.41, 5.74) is 0.276. The lowest BCUT2D eigenvalue weighted by atomic mass is 9.90. The van der Waals surface area contributed by atoms with Crippen molar-refractivity contribution < 1.29 is 9.90 Å². The SMILES string of the molecule is Cc1ccn(CCC(C)(C)C(=O)O)n1. The molecule has 0 radical (unpaired) electrons. The zero-order valence-corrected chi connectivity index (χ0v) is 8.82. The second-order valence-corrected chi connectivity index (χ2v) is 4.16. The van der Waals surface area contributed by atoms with Crippen LogP contribution < -0.4 is 0 Å². The summed E-state index contributed by atoms with van der Waals surface area (Å²) in [4.78, 5) is 10.8. The normalized spacial score (nSPS) is 11.6. The third-order valence-corrected chi connectivity index (χ3v) is 2.32. The first-order valence-electron chi connectivity index (χ1n) is 4.65. The molecule has 0 fully saturated rings. The van der Waals surface area contributed by atoms with Crippen LogP contribution in [0.4, 0.5) is 0 Å². The first-order chi connectivity index (χ1) is 6.42. The summed E-state index contributed by atoms with van der Waals surface area (Å²) in [6, 6.07) is 1.91. The Kier molecular flexibility index (Phi) is 2.93. The van der Waals surface area contributed by atoms with E-state index in [0.29, 0.717) is 13.0 Å². The van der Waals surface area contributed by atoms with Gasteiger partial charge in [0.2, 0.25) is 0 Å². The van der Waals surface area contributed by atoms with E-state index in [9.17, 15) is 4.79 Å². The van der Waals surface area contributed by atoms with Crippen LogP contribution in [-0.2, 0) is 11.3 Å². The fourth-order valence-corrected chi connectivity index (χ4v) is 1.09. The number of carboxylic acid groups (broad SMARTS) is 1. The molecule has 0 bridgehead atoms. The third-order valence-electron chi connectivity index (χ3n) is 2.32. The van der Waals surface area contributed by atoms with Crippen molar-refractivity contribution in [2.75, 3.05) is 0 Å². The van der Waals surface area contributed by atoms with Crippen LogP contribution in [0.3, 0.4) is 0 Å². The smallest absolute Gasteiger partial charge is 0.309 e. The first kappa shape index (κ1) is 10.8. The van der Waals surface area contributed by atoms with Crippen molar-refractivity contribution >= 4 is 5.97 Å². The molecule has 0 spiro atoms. The van der Waals surface area contributed by atoms with E-state index in [1.165, 1.54) is 0 Å². The highest BCUT2D eigenvalue weighted by molar-refractivity contribution is 5.73. The van der Waals surface area contributed by atoms with Gasteiger partial charge in [0.15, 0.2) is 0 Å². The first-order valence-corrected chi connectivity index (χ1v) is 4.65. The summed E-state index contributed by atoms with van der Waals surface area (Å²) in [7, 11) is 0. The molecule has 78 valence electrons. The monoisotopic (exact) mass is 196 g/mol. The molecule has 0 amide bonds. The van der Waals surface area contributed by atoms with Gasteiger partial charge in [-0.2, -0.15) is 5.10 Å². The van der Waals surface area contributed by atoms with Gasteiger partial charge in [0.1, 0.15) is 0 Å². The van der Waals surface area contributed by atoms with Gasteiger partial charge in [-0.05, 0) is 33.3 Å². The second-order valence-electron chi connectivity index (χ2n) is 4.16. The molecular weight excluding hydrogens is 180 g/mol. The van der Waals surface area contributed by atoms with E-state index in [1.807, 2.05) is 19.2 Å².